The predicted octanol–water partition coefficient (Wildman–Crippen LogP) is 5.02. The van der Waals surface area contributed by atoms with Gasteiger partial charge >= 0.3 is 0 Å². The van der Waals surface area contributed by atoms with Gasteiger partial charge in [-0.05, 0) is 48.9 Å². The summed E-state index contributed by atoms with van der Waals surface area (Å²) in [7, 11) is 1.53. The van der Waals surface area contributed by atoms with Crippen LogP contribution >= 0.6 is 11.8 Å². The van der Waals surface area contributed by atoms with E-state index >= 15 is 0 Å². The van der Waals surface area contributed by atoms with Crippen LogP contribution in [0.5, 0.6) is 0 Å². The van der Waals surface area contributed by atoms with E-state index in [0.717, 1.165) is 28.3 Å². The van der Waals surface area contributed by atoms with Gasteiger partial charge in [0.1, 0.15) is 18.0 Å². The lowest BCUT2D eigenvalue weighted by Gasteiger charge is -2.20. The first kappa shape index (κ1) is 24.1. The van der Waals surface area contributed by atoms with Gasteiger partial charge in [-0.1, -0.05) is 6.07 Å². The average molecular weight is 503 g/mol. The second kappa shape index (κ2) is 10.6. The van der Waals surface area contributed by atoms with Crippen molar-refractivity contribution in [3.05, 3.63) is 77.8 Å². The van der Waals surface area contributed by atoms with Gasteiger partial charge in [-0.25, -0.2) is 14.4 Å². The summed E-state index contributed by atoms with van der Waals surface area (Å²) < 4.78 is 14.8. The van der Waals surface area contributed by atoms with Gasteiger partial charge in [0, 0.05) is 66.3 Å². The summed E-state index contributed by atoms with van der Waals surface area (Å²) in [6, 6.07) is 10.8. The molecule has 1 saturated carbocycles. The average Bonchev–Trinajstić information content (AvgIpc) is 3.77. The number of nitrogens with zero attached hydrogens (tertiary/aromatic N) is 4. The van der Waals surface area contributed by atoms with E-state index in [1.54, 1.807) is 36.4 Å². The van der Waals surface area contributed by atoms with Crippen LogP contribution < -0.4 is 10.6 Å². The van der Waals surface area contributed by atoms with Gasteiger partial charge in [-0.2, -0.15) is 11.8 Å². The molecule has 4 aromatic rings. The molecule has 3 aromatic heterocycles. The third kappa shape index (κ3) is 5.02. The van der Waals surface area contributed by atoms with Crippen molar-refractivity contribution in [2.75, 3.05) is 30.9 Å². The van der Waals surface area contributed by atoms with Crippen molar-refractivity contribution >= 4 is 34.4 Å². The zero-order chi connectivity index (χ0) is 25.1. The van der Waals surface area contributed by atoms with Gasteiger partial charge in [0.05, 0.1) is 16.8 Å². The molecule has 0 bridgehead atoms. The number of pyridine rings is 2. The lowest BCUT2D eigenvalue weighted by molar-refractivity contribution is 0.0964. The lowest BCUT2D eigenvalue weighted by Crippen LogP contribution is -2.20. The van der Waals surface area contributed by atoms with Crippen LogP contribution in [0.4, 0.5) is 10.2 Å². The summed E-state index contributed by atoms with van der Waals surface area (Å²) in [5, 5.41) is 6.25. The number of halogens is 1. The third-order valence-corrected chi connectivity index (χ3v) is 7.16. The van der Waals surface area contributed by atoms with E-state index in [9.17, 15) is 9.18 Å². The predicted molar refractivity (Wildman–Crippen MR) is 142 cm³/mol. The third-order valence-electron chi connectivity index (χ3n) is 6.43. The number of carbonyl (C=O) groups is 1. The van der Waals surface area contributed by atoms with Crippen LogP contribution in [0.2, 0.25) is 0 Å². The quantitative estimate of drug-likeness (QED) is 0.332. The highest BCUT2D eigenvalue weighted by Gasteiger charge is 2.25. The molecule has 0 saturated heterocycles. The lowest BCUT2D eigenvalue weighted by atomic mass is 9.95. The smallest absolute Gasteiger partial charge is 0.251 e. The number of thioether (sulfide) groups is 1. The van der Waals surface area contributed by atoms with Gasteiger partial charge in [0.25, 0.3) is 5.91 Å². The van der Waals surface area contributed by atoms with Gasteiger partial charge in [-0.3, -0.25) is 14.8 Å². The molecule has 0 radical (unpaired) electrons. The molecule has 2 N–H and O–H groups in total. The van der Waals surface area contributed by atoms with Crippen LogP contribution in [0, 0.1) is 5.82 Å². The molecule has 1 aliphatic rings. The molecule has 3 heterocycles. The Morgan fingerprint density at radius 3 is 2.72 bits per heavy atom. The van der Waals surface area contributed by atoms with E-state index in [1.165, 1.54) is 26.0 Å². The Morgan fingerprint density at radius 1 is 1.14 bits per heavy atom. The molecule has 1 aromatic carbocycles. The molecule has 36 heavy (non-hydrogen) atoms. The number of carbonyl (C=O) groups excluding carboxylic acids is 1. The van der Waals surface area contributed by atoms with Crippen LogP contribution in [0.1, 0.15) is 46.3 Å². The molecule has 1 amide bonds. The summed E-state index contributed by atoms with van der Waals surface area (Å²) in [5.41, 5.74) is 4.55. The first-order valence-corrected chi connectivity index (χ1v) is 13.3. The number of fused-ring (bicyclic) bond motifs is 1. The minimum absolute atomic E-state index is 0.00782. The molecule has 1 fully saturated rings. The first-order valence-electron chi connectivity index (χ1n) is 11.9. The van der Waals surface area contributed by atoms with Crippen LogP contribution in [0.3, 0.4) is 0 Å². The van der Waals surface area contributed by atoms with Gasteiger partial charge < -0.3 is 10.6 Å². The van der Waals surface area contributed by atoms with E-state index in [-0.39, 0.29) is 22.8 Å². The zero-order valence-corrected chi connectivity index (χ0v) is 21.0. The number of benzene rings is 1. The number of aromatic nitrogens is 4. The maximum absolute atomic E-state index is 14.8. The highest BCUT2D eigenvalue weighted by atomic mass is 32.2. The number of amides is 1. The summed E-state index contributed by atoms with van der Waals surface area (Å²) >= 11 is 1.69. The molecule has 7 nitrogen and oxygen atoms in total. The monoisotopic (exact) mass is 502 g/mol. The Balaban J connectivity index is 1.40. The van der Waals surface area contributed by atoms with Crippen molar-refractivity contribution in [1.82, 2.24) is 25.3 Å². The van der Waals surface area contributed by atoms with E-state index in [1.807, 2.05) is 18.5 Å². The van der Waals surface area contributed by atoms with Crippen molar-refractivity contribution in [2.24, 2.45) is 0 Å². The second-order valence-electron chi connectivity index (χ2n) is 8.87. The fourth-order valence-corrected chi connectivity index (χ4v) is 5.08. The van der Waals surface area contributed by atoms with Crippen molar-refractivity contribution in [3.8, 4) is 11.3 Å². The molecular weight excluding hydrogens is 475 g/mol. The maximum atomic E-state index is 14.8. The summed E-state index contributed by atoms with van der Waals surface area (Å²) in [6.45, 7) is 0.558. The van der Waals surface area contributed by atoms with Crippen molar-refractivity contribution in [2.45, 2.75) is 24.7 Å². The van der Waals surface area contributed by atoms with Crippen LogP contribution in [0.15, 0.2) is 55.1 Å². The molecule has 5 rings (SSSR count). The standard InChI is InChI=1S/C27H27FN6OS/c1-29-27(35)20-9-10-30-26-19(6-7-21(28)25(20)26)18(14-36-2)13-32-24-11-23(33-15-34-24)17-5-8-22(31-12-17)16-3-4-16/h5-12,15-16,18H,3-4,13-14H2,1-2H3,(H,29,35)(H,32,33,34). The van der Waals surface area contributed by atoms with E-state index < -0.39 is 5.82 Å². The minimum Gasteiger partial charge on any atom is -0.369 e. The molecule has 184 valence electrons. The number of nitrogens with one attached hydrogen (secondary N) is 2. The van der Waals surface area contributed by atoms with Gasteiger partial charge in [-0.15, -0.1) is 0 Å². The highest BCUT2D eigenvalue weighted by Crippen LogP contribution is 2.39. The molecule has 0 aliphatic heterocycles. The molecule has 1 aliphatic carbocycles. The Labute approximate surface area is 213 Å². The Bertz CT molecular complexity index is 1390. The normalized spacial score (nSPS) is 14.0. The first-order chi connectivity index (χ1) is 17.6. The van der Waals surface area contributed by atoms with Crippen molar-refractivity contribution in [1.29, 1.82) is 0 Å². The molecule has 1 atom stereocenters. The number of hydrogen-bond donors (Lipinski definition) is 2. The molecule has 1 unspecified atom stereocenters. The zero-order valence-electron chi connectivity index (χ0n) is 20.2. The van der Waals surface area contributed by atoms with Crippen LogP contribution in [0.25, 0.3) is 22.2 Å². The van der Waals surface area contributed by atoms with Crippen LogP contribution in [-0.2, 0) is 0 Å². The van der Waals surface area contributed by atoms with Crippen molar-refractivity contribution in [3.63, 3.8) is 0 Å². The summed E-state index contributed by atoms with van der Waals surface area (Å²) in [6.07, 6.45) is 9.44. The second-order valence-corrected chi connectivity index (χ2v) is 9.78. The van der Waals surface area contributed by atoms with Crippen molar-refractivity contribution < 1.29 is 9.18 Å². The van der Waals surface area contributed by atoms with Gasteiger partial charge in [0.15, 0.2) is 0 Å². The van der Waals surface area contributed by atoms with E-state index in [4.69, 9.17) is 0 Å². The molecular formula is C27H27FN6OS. The highest BCUT2D eigenvalue weighted by molar-refractivity contribution is 7.98. The largest absolute Gasteiger partial charge is 0.369 e. The summed E-state index contributed by atoms with van der Waals surface area (Å²) in [4.78, 5) is 30.2. The van der Waals surface area contributed by atoms with E-state index in [2.05, 4.69) is 42.7 Å². The Hall–Kier alpha value is -3.59. The topological polar surface area (TPSA) is 92.7 Å². The van der Waals surface area contributed by atoms with Crippen LogP contribution in [-0.4, -0.2) is 51.4 Å². The number of hydrogen-bond acceptors (Lipinski definition) is 7. The summed E-state index contributed by atoms with van der Waals surface area (Å²) in [5.74, 6) is 1.30. The van der Waals surface area contributed by atoms with E-state index in [0.29, 0.717) is 23.8 Å². The maximum Gasteiger partial charge on any atom is 0.251 e. The number of anilines is 1. The van der Waals surface area contributed by atoms with Gasteiger partial charge in [0.2, 0.25) is 0 Å². The molecule has 9 heteroatoms. The number of rotatable bonds is 9. The Kier molecular flexibility index (Phi) is 7.09. The molecule has 0 spiro atoms. The fourth-order valence-electron chi connectivity index (χ4n) is 4.38. The Morgan fingerprint density at radius 2 is 2.00 bits per heavy atom. The minimum atomic E-state index is -0.460. The SMILES string of the molecule is CNC(=O)c1ccnc2c(C(CNc3cc(-c4ccc(C5CC5)nc4)ncn3)CSC)ccc(F)c12. The fraction of sp³-hybridized carbons (Fsp3) is 0.296.